The van der Waals surface area contributed by atoms with Crippen molar-refractivity contribution in [3.8, 4) is 0 Å². The van der Waals surface area contributed by atoms with Gasteiger partial charge in [0.15, 0.2) is 9.84 Å². The molecule has 6 nitrogen and oxygen atoms in total. The molecule has 0 aliphatic carbocycles. The molecule has 1 unspecified atom stereocenters. The van der Waals surface area contributed by atoms with E-state index >= 15 is 0 Å². The minimum Gasteiger partial charge on any atom is -0.323 e. The minimum atomic E-state index is -3.13. The summed E-state index contributed by atoms with van der Waals surface area (Å²) in [7, 11) is -3.13. The zero-order valence-corrected chi connectivity index (χ0v) is 12.6. The van der Waals surface area contributed by atoms with E-state index in [-0.39, 0.29) is 0 Å². The Bertz CT molecular complexity index is 383. The van der Waals surface area contributed by atoms with Crippen LogP contribution in [0.1, 0.15) is 19.8 Å². The molecule has 0 radical (unpaired) electrons. The van der Waals surface area contributed by atoms with E-state index in [1.54, 1.807) is 16.7 Å². The summed E-state index contributed by atoms with van der Waals surface area (Å²) in [6.45, 7) is 3.40. The largest absolute Gasteiger partial charge is 0.323 e. The van der Waals surface area contributed by atoms with Crippen LogP contribution >= 0.6 is 11.8 Å². The fraction of sp³-hybridized carbons (Fsp3) is 0.900. The van der Waals surface area contributed by atoms with E-state index in [1.807, 2.05) is 0 Å². The van der Waals surface area contributed by atoms with E-state index in [0.717, 1.165) is 18.6 Å². The first-order valence-corrected chi connectivity index (χ1v) is 9.16. The normalized spacial score (nSPS) is 22.1. The van der Waals surface area contributed by atoms with E-state index in [0.29, 0.717) is 24.8 Å². The number of nitrogens with two attached hydrogens (primary N) is 1. The van der Waals surface area contributed by atoms with Crippen LogP contribution in [0.15, 0.2) is 4.99 Å². The number of aliphatic imine (C=N–C) groups is 1. The Hall–Kier alpha value is -0.470. The molecule has 18 heavy (non-hydrogen) atoms. The molecule has 106 valence electrons. The van der Waals surface area contributed by atoms with Crippen molar-refractivity contribution in [2.24, 2.45) is 10.8 Å². The van der Waals surface area contributed by atoms with Crippen LogP contribution in [0.4, 0.5) is 0 Å². The van der Waals surface area contributed by atoms with E-state index in [2.05, 4.69) is 17.3 Å². The van der Waals surface area contributed by atoms with Gasteiger partial charge in [0, 0.05) is 30.9 Å². The third-order valence-corrected chi connectivity index (χ3v) is 5.40. The number of nitrogens with zero attached hydrogens (tertiary/aromatic N) is 2. The van der Waals surface area contributed by atoms with Gasteiger partial charge in [0.2, 0.25) is 5.96 Å². The van der Waals surface area contributed by atoms with Gasteiger partial charge in [0.05, 0.1) is 0 Å². The maximum absolute atomic E-state index is 11.8. The summed E-state index contributed by atoms with van der Waals surface area (Å²) in [5.74, 6) is 7.40. The van der Waals surface area contributed by atoms with Crippen molar-refractivity contribution in [3.63, 3.8) is 0 Å². The van der Waals surface area contributed by atoms with Gasteiger partial charge in [-0.3, -0.25) is 10.4 Å². The summed E-state index contributed by atoms with van der Waals surface area (Å²) in [6.07, 6.45) is 3.28. The van der Waals surface area contributed by atoms with Crippen LogP contribution in [-0.2, 0) is 9.84 Å². The van der Waals surface area contributed by atoms with E-state index in [9.17, 15) is 8.42 Å². The number of hydrogen-bond donors (Lipinski definition) is 2. The summed E-state index contributed by atoms with van der Waals surface area (Å²) in [5, 5.41) is -0.535. The van der Waals surface area contributed by atoms with Crippen molar-refractivity contribution < 1.29 is 8.42 Å². The summed E-state index contributed by atoms with van der Waals surface area (Å²) in [6, 6.07) is 0. The monoisotopic (exact) mass is 294 g/mol. The molecule has 1 atom stereocenters. The number of rotatable bonds is 4. The molecular formula is C10H22N4O2S2. The number of hydrazine groups is 1. The van der Waals surface area contributed by atoms with Gasteiger partial charge >= 0.3 is 0 Å². The van der Waals surface area contributed by atoms with E-state index < -0.39 is 15.2 Å². The molecule has 1 rings (SSSR count). The number of sulfone groups is 1. The number of thioether (sulfide) groups is 1. The Morgan fingerprint density at radius 3 is 2.89 bits per heavy atom. The fourth-order valence-corrected chi connectivity index (χ4v) is 4.56. The van der Waals surface area contributed by atoms with Crippen LogP contribution in [0.2, 0.25) is 0 Å². The standard InChI is InChI=1S/C10H22N4O2S2/c1-3-4-5-12-10(13-11)14-6-7-17-8-9(14)18(2,15)16/h9H,3-8,11H2,1-2H3,(H,12,13). The van der Waals surface area contributed by atoms with Crippen LogP contribution in [-0.4, -0.2) is 55.5 Å². The minimum absolute atomic E-state index is 0.485. The zero-order valence-electron chi connectivity index (χ0n) is 10.9. The van der Waals surface area contributed by atoms with Crippen molar-refractivity contribution in [2.75, 3.05) is 30.9 Å². The molecule has 0 aromatic carbocycles. The SMILES string of the molecule is CCCCN=C(NN)N1CCSCC1S(C)(=O)=O. The second-order valence-electron chi connectivity index (χ2n) is 4.26. The maximum atomic E-state index is 11.8. The molecule has 1 aliphatic rings. The summed E-state index contributed by atoms with van der Waals surface area (Å²) in [5.41, 5.74) is 2.53. The van der Waals surface area contributed by atoms with Crippen molar-refractivity contribution >= 4 is 27.6 Å². The van der Waals surface area contributed by atoms with Crippen LogP contribution in [0, 0.1) is 0 Å². The molecular weight excluding hydrogens is 272 g/mol. The first-order valence-electron chi connectivity index (χ1n) is 6.05. The highest BCUT2D eigenvalue weighted by atomic mass is 32.2. The van der Waals surface area contributed by atoms with Crippen molar-refractivity contribution in [1.82, 2.24) is 10.3 Å². The molecule has 0 spiro atoms. The second kappa shape index (κ2) is 7.20. The van der Waals surface area contributed by atoms with Crippen LogP contribution in [0.25, 0.3) is 0 Å². The van der Waals surface area contributed by atoms with Crippen LogP contribution < -0.4 is 11.3 Å². The third kappa shape index (κ3) is 4.33. The Morgan fingerprint density at radius 1 is 1.61 bits per heavy atom. The summed E-state index contributed by atoms with van der Waals surface area (Å²) in [4.78, 5) is 6.12. The highest BCUT2D eigenvalue weighted by Crippen LogP contribution is 2.20. The number of guanidine groups is 1. The molecule has 0 aromatic heterocycles. The van der Waals surface area contributed by atoms with Gasteiger partial charge < -0.3 is 4.90 Å². The maximum Gasteiger partial charge on any atom is 0.209 e. The Morgan fingerprint density at radius 2 is 2.33 bits per heavy atom. The van der Waals surface area contributed by atoms with Gasteiger partial charge in [-0.25, -0.2) is 14.3 Å². The molecule has 0 aromatic rings. The highest BCUT2D eigenvalue weighted by molar-refractivity contribution is 8.00. The first kappa shape index (κ1) is 15.6. The topological polar surface area (TPSA) is 87.8 Å². The molecule has 1 saturated heterocycles. The Balaban J connectivity index is 2.83. The molecule has 8 heteroatoms. The molecule has 1 fully saturated rings. The molecule has 0 amide bonds. The molecule has 3 N–H and O–H groups in total. The average molecular weight is 294 g/mol. The molecule has 1 heterocycles. The predicted molar refractivity (Wildman–Crippen MR) is 77.2 cm³/mol. The van der Waals surface area contributed by atoms with Crippen molar-refractivity contribution in [2.45, 2.75) is 25.1 Å². The third-order valence-electron chi connectivity index (χ3n) is 2.75. The number of hydrogen-bond acceptors (Lipinski definition) is 5. The van der Waals surface area contributed by atoms with E-state index in [4.69, 9.17) is 5.84 Å². The number of unbranched alkanes of at least 4 members (excludes halogenated alkanes) is 1. The van der Waals surface area contributed by atoms with Crippen LogP contribution in [0.3, 0.4) is 0 Å². The molecule has 0 bridgehead atoms. The Labute approximate surface area is 113 Å². The van der Waals surface area contributed by atoms with Crippen molar-refractivity contribution in [3.05, 3.63) is 0 Å². The van der Waals surface area contributed by atoms with Gasteiger partial charge in [-0.05, 0) is 6.42 Å². The number of nitrogens with one attached hydrogen (secondary N) is 1. The fourth-order valence-electron chi connectivity index (χ4n) is 1.74. The van der Waals surface area contributed by atoms with Gasteiger partial charge in [0.25, 0.3) is 0 Å². The molecule has 0 saturated carbocycles. The lowest BCUT2D eigenvalue weighted by Gasteiger charge is -2.35. The Kier molecular flexibility index (Phi) is 6.24. The van der Waals surface area contributed by atoms with Gasteiger partial charge in [-0.15, -0.1) is 0 Å². The quantitative estimate of drug-likeness (QED) is 0.250. The van der Waals surface area contributed by atoms with Gasteiger partial charge in [-0.1, -0.05) is 13.3 Å². The lowest BCUT2D eigenvalue weighted by atomic mass is 10.3. The highest BCUT2D eigenvalue weighted by Gasteiger charge is 2.32. The van der Waals surface area contributed by atoms with Crippen LogP contribution in [0.5, 0.6) is 0 Å². The van der Waals surface area contributed by atoms with E-state index in [1.165, 1.54) is 6.26 Å². The predicted octanol–water partition coefficient (Wildman–Crippen LogP) is 0.0253. The lowest BCUT2D eigenvalue weighted by molar-refractivity contribution is 0.395. The van der Waals surface area contributed by atoms with Crippen molar-refractivity contribution in [1.29, 1.82) is 0 Å². The first-order chi connectivity index (χ1) is 8.50. The second-order valence-corrected chi connectivity index (χ2v) is 7.61. The van der Waals surface area contributed by atoms with Gasteiger partial charge in [-0.2, -0.15) is 11.8 Å². The summed E-state index contributed by atoms with van der Waals surface area (Å²) < 4.78 is 23.5. The average Bonchev–Trinajstić information content (AvgIpc) is 2.34. The molecule has 1 aliphatic heterocycles. The summed E-state index contributed by atoms with van der Waals surface area (Å²) >= 11 is 1.65. The smallest absolute Gasteiger partial charge is 0.209 e. The zero-order chi connectivity index (χ0) is 13.6. The van der Waals surface area contributed by atoms with Gasteiger partial charge in [0.1, 0.15) is 5.37 Å². The lowest BCUT2D eigenvalue weighted by Crippen LogP contribution is -2.55.